The molecule has 0 aliphatic heterocycles. The first-order valence-electron chi connectivity index (χ1n) is 6.70. The van der Waals surface area contributed by atoms with Crippen molar-refractivity contribution in [2.45, 2.75) is 26.3 Å². The molecule has 102 valence electrons. The van der Waals surface area contributed by atoms with Crippen molar-refractivity contribution in [3.05, 3.63) is 48.0 Å². The molecule has 2 N–H and O–H groups in total. The Bertz CT molecular complexity index is 746. The van der Waals surface area contributed by atoms with Crippen molar-refractivity contribution in [3.63, 3.8) is 0 Å². The molecule has 0 amide bonds. The highest BCUT2D eigenvalue weighted by molar-refractivity contribution is 5.91. The van der Waals surface area contributed by atoms with E-state index in [2.05, 4.69) is 9.97 Å². The summed E-state index contributed by atoms with van der Waals surface area (Å²) in [5.41, 5.74) is 9.54. The standard InChI is InChI=1S/C16H17N3O/c1-10(17)7-12-8-11(2)18-16(19-12)14-9-20-15-6-4-3-5-13(14)15/h3-6,8-10H,7,17H2,1-2H3. The van der Waals surface area contributed by atoms with Gasteiger partial charge in [-0.2, -0.15) is 0 Å². The lowest BCUT2D eigenvalue weighted by atomic mass is 10.1. The van der Waals surface area contributed by atoms with Gasteiger partial charge in [0.15, 0.2) is 5.82 Å². The highest BCUT2D eigenvalue weighted by Crippen LogP contribution is 2.28. The molecule has 0 fully saturated rings. The zero-order chi connectivity index (χ0) is 14.1. The molecular weight excluding hydrogens is 250 g/mol. The molecule has 1 atom stereocenters. The average molecular weight is 267 g/mol. The van der Waals surface area contributed by atoms with Crippen LogP contribution in [0.1, 0.15) is 18.3 Å². The fraction of sp³-hybridized carbons (Fsp3) is 0.250. The van der Waals surface area contributed by atoms with E-state index in [1.54, 1.807) is 6.26 Å². The van der Waals surface area contributed by atoms with E-state index in [-0.39, 0.29) is 6.04 Å². The summed E-state index contributed by atoms with van der Waals surface area (Å²) in [6.07, 6.45) is 2.46. The van der Waals surface area contributed by atoms with Gasteiger partial charge in [0.2, 0.25) is 0 Å². The molecule has 3 aromatic rings. The van der Waals surface area contributed by atoms with E-state index < -0.39 is 0 Å². The number of furan rings is 1. The minimum Gasteiger partial charge on any atom is -0.464 e. The number of hydrogen-bond donors (Lipinski definition) is 1. The Morgan fingerprint density at radius 2 is 2.05 bits per heavy atom. The highest BCUT2D eigenvalue weighted by atomic mass is 16.3. The molecule has 4 heteroatoms. The van der Waals surface area contributed by atoms with E-state index in [0.29, 0.717) is 5.82 Å². The van der Waals surface area contributed by atoms with Crippen LogP contribution >= 0.6 is 0 Å². The Morgan fingerprint density at radius 3 is 2.85 bits per heavy atom. The third-order valence-corrected chi connectivity index (χ3v) is 3.16. The van der Waals surface area contributed by atoms with Crippen molar-refractivity contribution in [1.29, 1.82) is 0 Å². The number of nitrogens with zero attached hydrogens (tertiary/aromatic N) is 2. The first-order valence-corrected chi connectivity index (χ1v) is 6.70. The van der Waals surface area contributed by atoms with Crippen molar-refractivity contribution in [3.8, 4) is 11.4 Å². The van der Waals surface area contributed by atoms with Gasteiger partial charge in [0, 0.05) is 29.2 Å². The van der Waals surface area contributed by atoms with Crippen LogP contribution in [0.25, 0.3) is 22.4 Å². The molecule has 1 aromatic carbocycles. The second kappa shape index (κ2) is 5.06. The summed E-state index contributed by atoms with van der Waals surface area (Å²) in [6, 6.07) is 9.96. The van der Waals surface area contributed by atoms with Gasteiger partial charge < -0.3 is 10.2 Å². The highest BCUT2D eigenvalue weighted by Gasteiger charge is 2.12. The summed E-state index contributed by atoms with van der Waals surface area (Å²) >= 11 is 0. The van der Waals surface area contributed by atoms with Gasteiger partial charge in [-0.15, -0.1) is 0 Å². The molecule has 3 rings (SSSR count). The van der Waals surface area contributed by atoms with Crippen LogP contribution in [-0.4, -0.2) is 16.0 Å². The molecule has 0 aliphatic rings. The number of nitrogens with two attached hydrogens (primary N) is 1. The average Bonchev–Trinajstić information content (AvgIpc) is 2.80. The van der Waals surface area contributed by atoms with E-state index in [4.69, 9.17) is 10.2 Å². The number of aryl methyl sites for hydroxylation is 1. The number of para-hydroxylation sites is 1. The maximum absolute atomic E-state index is 5.85. The Kier molecular flexibility index (Phi) is 3.24. The quantitative estimate of drug-likeness (QED) is 0.792. The van der Waals surface area contributed by atoms with Crippen LogP contribution in [0.5, 0.6) is 0 Å². The minimum atomic E-state index is 0.0817. The predicted molar refractivity (Wildman–Crippen MR) is 79.3 cm³/mol. The molecule has 2 aromatic heterocycles. The van der Waals surface area contributed by atoms with Gasteiger partial charge >= 0.3 is 0 Å². The smallest absolute Gasteiger partial charge is 0.163 e. The Balaban J connectivity index is 2.11. The minimum absolute atomic E-state index is 0.0817. The van der Waals surface area contributed by atoms with Crippen LogP contribution in [0.4, 0.5) is 0 Å². The topological polar surface area (TPSA) is 64.9 Å². The van der Waals surface area contributed by atoms with E-state index >= 15 is 0 Å². The molecule has 20 heavy (non-hydrogen) atoms. The third kappa shape index (κ3) is 2.42. The van der Waals surface area contributed by atoms with Gasteiger partial charge in [-0.05, 0) is 26.0 Å². The number of rotatable bonds is 3. The lowest BCUT2D eigenvalue weighted by molar-refractivity contribution is 0.616. The van der Waals surface area contributed by atoms with Gasteiger partial charge in [0.05, 0.1) is 5.56 Å². The maximum atomic E-state index is 5.85. The van der Waals surface area contributed by atoms with Gasteiger partial charge in [0.1, 0.15) is 11.8 Å². The lowest BCUT2D eigenvalue weighted by Crippen LogP contribution is -2.19. The fourth-order valence-corrected chi connectivity index (χ4v) is 2.34. The molecule has 4 nitrogen and oxygen atoms in total. The Labute approximate surface area is 117 Å². The fourth-order valence-electron chi connectivity index (χ4n) is 2.34. The number of hydrogen-bond acceptors (Lipinski definition) is 4. The molecule has 0 aliphatic carbocycles. The van der Waals surface area contributed by atoms with Gasteiger partial charge in [-0.25, -0.2) is 9.97 Å². The second-order valence-electron chi connectivity index (χ2n) is 5.15. The number of aromatic nitrogens is 2. The van der Waals surface area contributed by atoms with Gasteiger partial charge in [-0.3, -0.25) is 0 Å². The summed E-state index contributed by atoms with van der Waals surface area (Å²) in [6.45, 7) is 3.95. The molecule has 0 saturated heterocycles. The first kappa shape index (κ1) is 12.8. The molecule has 0 spiro atoms. The Morgan fingerprint density at radius 1 is 1.25 bits per heavy atom. The summed E-state index contributed by atoms with van der Waals surface area (Å²) in [5, 5.41) is 1.03. The molecule has 1 unspecified atom stereocenters. The summed E-state index contributed by atoms with van der Waals surface area (Å²) < 4.78 is 5.56. The van der Waals surface area contributed by atoms with Crippen LogP contribution in [0.3, 0.4) is 0 Å². The third-order valence-electron chi connectivity index (χ3n) is 3.16. The van der Waals surface area contributed by atoms with Crippen molar-refractivity contribution in [2.75, 3.05) is 0 Å². The number of benzene rings is 1. The maximum Gasteiger partial charge on any atom is 0.163 e. The summed E-state index contributed by atoms with van der Waals surface area (Å²) in [4.78, 5) is 9.14. The predicted octanol–water partition coefficient (Wildman–Crippen LogP) is 3.09. The van der Waals surface area contributed by atoms with E-state index in [1.807, 2.05) is 44.2 Å². The molecule has 0 radical (unpaired) electrons. The number of fused-ring (bicyclic) bond motifs is 1. The lowest BCUT2D eigenvalue weighted by Gasteiger charge is -2.07. The van der Waals surface area contributed by atoms with Gasteiger partial charge in [-0.1, -0.05) is 18.2 Å². The first-order chi connectivity index (χ1) is 9.63. The largest absolute Gasteiger partial charge is 0.464 e. The van der Waals surface area contributed by atoms with E-state index in [0.717, 1.165) is 34.3 Å². The van der Waals surface area contributed by atoms with Gasteiger partial charge in [0.25, 0.3) is 0 Å². The summed E-state index contributed by atoms with van der Waals surface area (Å²) in [7, 11) is 0. The second-order valence-corrected chi connectivity index (χ2v) is 5.15. The van der Waals surface area contributed by atoms with Crippen LogP contribution in [0, 0.1) is 6.92 Å². The zero-order valence-electron chi connectivity index (χ0n) is 11.6. The van der Waals surface area contributed by atoms with Crippen molar-refractivity contribution < 1.29 is 4.42 Å². The normalized spacial score (nSPS) is 12.8. The van der Waals surface area contributed by atoms with E-state index in [1.165, 1.54) is 0 Å². The zero-order valence-corrected chi connectivity index (χ0v) is 11.6. The molecule has 2 heterocycles. The monoisotopic (exact) mass is 267 g/mol. The van der Waals surface area contributed by atoms with Crippen molar-refractivity contribution >= 4 is 11.0 Å². The van der Waals surface area contributed by atoms with Crippen LogP contribution in [0.15, 0.2) is 41.0 Å². The van der Waals surface area contributed by atoms with Crippen LogP contribution in [-0.2, 0) is 6.42 Å². The molecule has 0 saturated carbocycles. The Hall–Kier alpha value is -2.20. The SMILES string of the molecule is Cc1cc(CC(C)N)nc(-c2coc3ccccc23)n1. The summed E-state index contributed by atoms with van der Waals surface area (Å²) in [5.74, 6) is 0.700. The van der Waals surface area contributed by atoms with Crippen molar-refractivity contribution in [2.24, 2.45) is 5.73 Å². The van der Waals surface area contributed by atoms with Crippen molar-refractivity contribution in [1.82, 2.24) is 9.97 Å². The van der Waals surface area contributed by atoms with Crippen LogP contribution in [0.2, 0.25) is 0 Å². The van der Waals surface area contributed by atoms with Crippen LogP contribution < -0.4 is 5.73 Å². The molecule has 0 bridgehead atoms. The van der Waals surface area contributed by atoms with E-state index in [9.17, 15) is 0 Å². The molecular formula is C16H17N3O.